The lowest BCUT2D eigenvalue weighted by atomic mass is 10.0. The SMILES string of the molecule is Cc1ncnc(N2CC3CN(c4nccs4)CC3C2)c1C. The van der Waals surface area contributed by atoms with Crippen LogP contribution in [0.3, 0.4) is 0 Å². The fourth-order valence-corrected chi connectivity index (χ4v) is 4.20. The highest BCUT2D eigenvalue weighted by Gasteiger charge is 2.41. The molecule has 2 fully saturated rings. The summed E-state index contributed by atoms with van der Waals surface area (Å²) < 4.78 is 0. The third-order valence-electron chi connectivity index (χ3n) is 4.79. The van der Waals surface area contributed by atoms with E-state index in [1.807, 2.05) is 6.20 Å². The molecule has 0 spiro atoms. The molecule has 0 N–H and O–H groups in total. The zero-order chi connectivity index (χ0) is 14.4. The number of thiazole rings is 1. The van der Waals surface area contributed by atoms with Gasteiger partial charge in [-0.3, -0.25) is 0 Å². The summed E-state index contributed by atoms with van der Waals surface area (Å²) in [6.45, 7) is 8.63. The van der Waals surface area contributed by atoms with Gasteiger partial charge in [0.25, 0.3) is 0 Å². The fourth-order valence-electron chi connectivity index (χ4n) is 3.54. The van der Waals surface area contributed by atoms with Gasteiger partial charge >= 0.3 is 0 Å². The van der Waals surface area contributed by atoms with E-state index < -0.39 is 0 Å². The molecule has 2 aliphatic heterocycles. The van der Waals surface area contributed by atoms with Crippen molar-refractivity contribution in [2.75, 3.05) is 36.0 Å². The van der Waals surface area contributed by atoms with Gasteiger partial charge in [-0.15, -0.1) is 11.3 Å². The number of aryl methyl sites for hydroxylation is 1. The van der Waals surface area contributed by atoms with Crippen LogP contribution in [-0.4, -0.2) is 41.1 Å². The molecule has 2 unspecified atom stereocenters. The molecule has 5 nitrogen and oxygen atoms in total. The van der Waals surface area contributed by atoms with Crippen LogP contribution in [0.25, 0.3) is 0 Å². The summed E-state index contributed by atoms with van der Waals surface area (Å²) in [6, 6.07) is 0. The van der Waals surface area contributed by atoms with Crippen LogP contribution in [0.4, 0.5) is 10.9 Å². The summed E-state index contributed by atoms with van der Waals surface area (Å²) in [6.07, 6.45) is 3.58. The van der Waals surface area contributed by atoms with E-state index >= 15 is 0 Å². The van der Waals surface area contributed by atoms with Gasteiger partial charge in [0.1, 0.15) is 12.1 Å². The van der Waals surface area contributed by atoms with Crippen LogP contribution in [0.1, 0.15) is 11.3 Å². The Bertz CT molecular complexity index is 628. The fraction of sp³-hybridized carbons (Fsp3) is 0.533. The van der Waals surface area contributed by atoms with Gasteiger partial charge in [0, 0.05) is 60.8 Å². The molecule has 0 saturated carbocycles. The Morgan fingerprint density at radius 1 is 1.00 bits per heavy atom. The van der Waals surface area contributed by atoms with Gasteiger partial charge in [-0.05, 0) is 13.8 Å². The number of aromatic nitrogens is 3. The van der Waals surface area contributed by atoms with Crippen molar-refractivity contribution in [1.82, 2.24) is 15.0 Å². The summed E-state index contributed by atoms with van der Waals surface area (Å²) in [5.41, 5.74) is 2.30. The van der Waals surface area contributed by atoms with Crippen LogP contribution in [0.15, 0.2) is 17.9 Å². The molecule has 21 heavy (non-hydrogen) atoms. The second-order valence-electron chi connectivity index (χ2n) is 6.05. The van der Waals surface area contributed by atoms with Gasteiger partial charge < -0.3 is 9.80 Å². The van der Waals surface area contributed by atoms with Crippen LogP contribution in [0.5, 0.6) is 0 Å². The molecule has 4 rings (SSSR count). The normalized spacial score (nSPS) is 24.7. The van der Waals surface area contributed by atoms with E-state index in [1.165, 1.54) is 10.7 Å². The maximum absolute atomic E-state index is 4.51. The van der Waals surface area contributed by atoms with Crippen LogP contribution in [-0.2, 0) is 0 Å². The molecule has 0 radical (unpaired) electrons. The van der Waals surface area contributed by atoms with Gasteiger partial charge in [-0.25, -0.2) is 15.0 Å². The molecule has 0 amide bonds. The van der Waals surface area contributed by atoms with Crippen molar-refractivity contribution in [3.8, 4) is 0 Å². The van der Waals surface area contributed by atoms with Crippen LogP contribution in [0.2, 0.25) is 0 Å². The molecular weight excluding hydrogens is 282 g/mol. The molecule has 2 saturated heterocycles. The number of nitrogens with zero attached hydrogens (tertiary/aromatic N) is 5. The number of hydrogen-bond donors (Lipinski definition) is 0. The lowest BCUT2D eigenvalue weighted by Gasteiger charge is -2.23. The second-order valence-corrected chi connectivity index (χ2v) is 6.93. The van der Waals surface area contributed by atoms with E-state index in [1.54, 1.807) is 17.7 Å². The van der Waals surface area contributed by atoms with E-state index in [9.17, 15) is 0 Å². The van der Waals surface area contributed by atoms with Crippen molar-refractivity contribution < 1.29 is 0 Å². The Morgan fingerprint density at radius 3 is 2.38 bits per heavy atom. The summed E-state index contributed by atoms with van der Waals surface area (Å²) in [5.74, 6) is 2.57. The van der Waals surface area contributed by atoms with Crippen LogP contribution >= 0.6 is 11.3 Å². The smallest absolute Gasteiger partial charge is 0.185 e. The Hall–Kier alpha value is -1.69. The minimum absolute atomic E-state index is 0.726. The predicted octanol–water partition coefficient (Wildman–Crippen LogP) is 2.12. The molecule has 4 heterocycles. The van der Waals surface area contributed by atoms with Crippen LogP contribution < -0.4 is 9.80 Å². The zero-order valence-corrected chi connectivity index (χ0v) is 13.2. The van der Waals surface area contributed by atoms with E-state index in [0.29, 0.717) is 0 Å². The van der Waals surface area contributed by atoms with Crippen molar-refractivity contribution in [2.24, 2.45) is 11.8 Å². The molecule has 2 aliphatic rings. The first-order valence-electron chi connectivity index (χ1n) is 7.40. The molecule has 6 heteroatoms. The minimum atomic E-state index is 0.726. The van der Waals surface area contributed by atoms with Gasteiger partial charge in [0.05, 0.1) is 0 Å². The summed E-state index contributed by atoms with van der Waals surface area (Å²) in [4.78, 5) is 18.1. The minimum Gasteiger partial charge on any atom is -0.356 e. The molecule has 2 atom stereocenters. The average Bonchev–Trinajstić information content (AvgIpc) is 3.14. The van der Waals surface area contributed by atoms with Crippen molar-refractivity contribution in [3.63, 3.8) is 0 Å². The van der Waals surface area contributed by atoms with Gasteiger partial charge in [0.15, 0.2) is 5.13 Å². The van der Waals surface area contributed by atoms with Crippen molar-refractivity contribution in [3.05, 3.63) is 29.2 Å². The Kier molecular flexibility index (Phi) is 3.06. The highest BCUT2D eigenvalue weighted by molar-refractivity contribution is 7.13. The lowest BCUT2D eigenvalue weighted by molar-refractivity contribution is 0.533. The monoisotopic (exact) mass is 301 g/mol. The van der Waals surface area contributed by atoms with E-state index in [2.05, 4.69) is 44.0 Å². The molecule has 0 aliphatic carbocycles. The first-order chi connectivity index (χ1) is 10.2. The molecule has 0 bridgehead atoms. The zero-order valence-electron chi connectivity index (χ0n) is 12.4. The number of rotatable bonds is 2. The highest BCUT2D eigenvalue weighted by atomic mass is 32.1. The van der Waals surface area contributed by atoms with E-state index in [4.69, 9.17) is 0 Å². The van der Waals surface area contributed by atoms with E-state index in [-0.39, 0.29) is 0 Å². The maximum Gasteiger partial charge on any atom is 0.185 e. The third-order valence-corrected chi connectivity index (χ3v) is 5.62. The molecule has 2 aromatic heterocycles. The van der Waals surface area contributed by atoms with Crippen molar-refractivity contribution in [1.29, 1.82) is 0 Å². The molecular formula is C15H19N5S. The van der Waals surface area contributed by atoms with Crippen LogP contribution in [0, 0.1) is 25.7 Å². The summed E-state index contributed by atoms with van der Waals surface area (Å²) in [5, 5.41) is 3.23. The Labute approximate surface area is 128 Å². The average molecular weight is 301 g/mol. The standard InChI is InChI=1S/C15H19N5S/c1-10-11(2)17-9-18-14(10)19-5-12-7-20(8-13(12)6-19)15-16-3-4-21-15/h3-4,9,12-13H,5-8H2,1-2H3. The summed E-state index contributed by atoms with van der Waals surface area (Å²) in [7, 11) is 0. The number of hydrogen-bond acceptors (Lipinski definition) is 6. The van der Waals surface area contributed by atoms with Gasteiger partial charge in [0.2, 0.25) is 0 Å². The largest absolute Gasteiger partial charge is 0.356 e. The van der Waals surface area contributed by atoms with Crippen molar-refractivity contribution in [2.45, 2.75) is 13.8 Å². The molecule has 0 aromatic carbocycles. The first kappa shape index (κ1) is 13.0. The van der Waals surface area contributed by atoms with Gasteiger partial charge in [-0.2, -0.15) is 0 Å². The summed E-state index contributed by atoms with van der Waals surface area (Å²) >= 11 is 1.74. The van der Waals surface area contributed by atoms with E-state index in [0.717, 1.165) is 49.5 Å². The highest BCUT2D eigenvalue weighted by Crippen LogP contribution is 2.36. The molecule has 2 aromatic rings. The third kappa shape index (κ3) is 2.18. The topological polar surface area (TPSA) is 45.2 Å². The van der Waals surface area contributed by atoms with Crippen molar-refractivity contribution >= 4 is 22.3 Å². The first-order valence-corrected chi connectivity index (χ1v) is 8.28. The maximum atomic E-state index is 4.51. The lowest BCUT2D eigenvalue weighted by Crippen LogP contribution is -2.29. The quantitative estimate of drug-likeness (QED) is 0.850. The van der Waals surface area contributed by atoms with Gasteiger partial charge in [-0.1, -0.05) is 0 Å². The number of fused-ring (bicyclic) bond motifs is 1. The second kappa shape index (κ2) is 4.94. The Morgan fingerprint density at radius 2 is 1.71 bits per heavy atom. The Balaban J connectivity index is 1.50. The number of anilines is 2. The predicted molar refractivity (Wildman–Crippen MR) is 85.0 cm³/mol. The molecule has 110 valence electrons.